The highest BCUT2D eigenvalue weighted by Gasteiger charge is 2.13. The molecular formula is C21H21ClN2O4. The van der Waals surface area contributed by atoms with Crippen LogP contribution >= 0.6 is 11.6 Å². The van der Waals surface area contributed by atoms with Gasteiger partial charge in [-0.15, -0.1) is 0 Å². The summed E-state index contributed by atoms with van der Waals surface area (Å²) in [6.07, 6.45) is 3.22. The molecule has 1 aliphatic carbocycles. The predicted molar refractivity (Wildman–Crippen MR) is 106 cm³/mol. The maximum Gasteiger partial charge on any atom is 0.308 e. The molecular weight excluding hydrogens is 380 g/mol. The molecule has 0 unspecified atom stereocenters. The number of esters is 1. The van der Waals surface area contributed by atoms with Crippen LogP contribution in [0, 0.1) is 0 Å². The van der Waals surface area contributed by atoms with Crippen molar-refractivity contribution in [2.75, 3.05) is 18.5 Å². The summed E-state index contributed by atoms with van der Waals surface area (Å²) in [5.74, 6) is -1.25. The van der Waals surface area contributed by atoms with Crippen molar-refractivity contribution in [3.05, 3.63) is 64.2 Å². The second kappa shape index (κ2) is 9.37. The number of hydrogen-bond donors (Lipinski definition) is 2. The zero-order chi connectivity index (χ0) is 19.9. The lowest BCUT2D eigenvalue weighted by Crippen LogP contribution is -2.27. The number of fused-ring (bicyclic) bond motifs is 1. The van der Waals surface area contributed by atoms with Gasteiger partial charge in [0.25, 0.3) is 11.8 Å². The van der Waals surface area contributed by atoms with E-state index < -0.39 is 11.9 Å². The van der Waals surface area contributed by atoms with E-state index in [1.165, 1.54) is 11.1 Å². The second-order valence-corrected chi connectivity index (χ2v) is 7.00. The normalized spacial score (nSPS) is 12.2. The molecule has 0 atom stereocenters. The third-order valence-corrected chi connectivity index (χ3v) is 4.72. The third-order valence-electron chi connectivity index (χ3n) is 4.47. The molecule has 146 valence electrons. The van der Waals surface area contributed by atoms with Gasteiger partial charge in [0.05, 0.1) is 6.42 Å². The van der Waals surface area contributed by atoms with E-state index >= 15 is 0 Å². The van der Waals surface area contributed by atoms with Crippen molar-refractivity contribution >= 4 is 35.1 Å². The molecule has 0 aliphatic heterocycles. The minimum absolute atomic E-state index is 0.0224. The molecule has 0 aromatic heterocycles. The van der Waals surface area contributed by atoms with Gasteiger partial charge >= 0.3 is 5.97 Å². The minimum Gasteiger partial charge on any atom is -0.456 e. The highest BCUT2D eigenvalue weighted by atomic mass is 35.5. The fourth-order valence-electron chi connectivity index (χ4n) is 3.05. The van der Waals surface area contributed by atoms with Crippen molar-refractivity contribution in [2.45, 2.75) is 25.7 Å². The topological polar surface area (TPSA) is 84.5 Å². The van der Waals surface area contributed by atoms with E-state index in [9.17, 15) is 14.4 Å². The van der Waals surface area contributed by atoms with Crippen molar-refractivity contribution in [1.29, 1.82) is 0 Å². The Labute approximate surface area is 168 Å². The molecule has 2 amide bonds. The Kier molecular flexibility index (Phi) is 6.66. The molecule has 0 heterocycles. The van der Waals surface area contributed by atoms with Crippen LogP contribution in [0.15, 0.2) is 42.5 Å². The maximum atomic E-state index is 11.9. The zero-order valence-corrected chi connectivity index (χ0v) is 16.1. The Balaban J connectivity index is 1.35. The van der Waals surface area contributed by atoms with Gasteiger partial charge in [0.1, 0.15) is 0 Å². The summed E-state index contributed by atoms with van der Waals surface area (Å²) in [5, 5.41) is 5.89. The van der Waals surface area contributed by atoms with E-state index in [1.54, 1.807) is 24.3 Å². The van der Waals surface area contributed by atoms with Crippen LogP contribution in [0.5, 0.6) is 0 Å². The van der Waals surface area contributed by atoms with Crippen molar-refractivity contribution < 1.29 is 19.1 Å². The summed E-state index contributed by atoms with van der Waals surface area (Å²) in [7, 11) is 0. The number of carbonyl (C=O) groups is 3. The van der Waals surface area contributed by atoms with Gasteiger partial charge in [0, 0.05) is 22.8 Å². The van der Waals surface area contributed by atoms with Gasteiger partial charge < -0.3 is 15.4 Å². The smallest absolute Gasteiger partial charge is 0.308 e. The average Bonchev–Trinajstić information content (AvgIpc) is 3.14. The van der Waals surface area contributed by atoms with E-state index in [0.29, 0.717) is 16.3 Å². The first kappa shape index (κ1) is 19.9. The Bertz CT molecular complexity index is 880. The Morgan fingerprint density at radius 1 is 1.00 bits per heavy atom. The fraction of sp³-hybridized carbons (Fsp3) is 0.286. The summed E-state index contributed by atoms with van der Waals surface area (Å²) in [6.45, 7) is -0.242. The third kappa shape index (κ3) is 5.57. The first-order valence-electron chi connectivity index (χ1n) is 9.12. The lowest BCUT2D eigenvalue weighted by atomic mass is 10.1. The van der Waals surface area contributed by atoms with Crippen molar-refractivity contribution in [3.8, 4) is 0 Å². The standard InChI is InChI=1S/C21H21ClN2O4/c22-17-7-4-15(5-8-17)21(27)23-11-10-20(26)28-13-19(25)24-18-9-6-14-2-1-3-16(14)12-18/h4-9,12H,1-3,10-11,13H2,(H,23,27)(H,24,25). The van der Waals surface area contributed by atoms with E-state index in [2.05, 4.69) is 10.6 Å². The van der Waals surface area contributed by atoms with E-state index in [1.807, 2.05) is 18.2 Å². The van der Waals surface area contributed by atoms with Crippen LogP contribution in [0.3, 0.4) is 0 Å². The molecule has 0 radical (unpaired) electrons. The number of rotatable bonds is 7. The molecule has 0 saturated carbocycles. The number of halogens is 1. The lowest BCUT2D eigenvalue weighted by molar-refractivity contribution is -0.147. The molecule has 3 rings (SSSR count). The molecule has 0 spiro atoms. The molecule has 2 N–H and O–H groups in total. The summed E-state index contributed by atoms with van der Waals surface area (Å²) in [6, 6.07) is 12.3. The second-order valence-electron chi connectivity index (χ2n) is 6.56. The molecule has 6 nitrogen and oxygen atoms in total. The van der Waals surface area contributed by atoms with Crippen LogP contribution in [0.4, 0.5) is 5.69 Å². The number of anilines is 1. The van der Waals surface area contributed by atoms with Crippen LogP contribution in [0.1, 0.15) is 34.3 Å². The monoisotopic (exact) mass is 400 g/mol. The zero-order valence-electron chi connectivity index (χ0n) is 15.3. The molecule has 0 fully saturated rings. The summed E-state index contributed by atoms with van der Waals surface area (Å²) >= 11 is 5.77. The van der Waals surface area contributed by atoms with Crippen molar-refractivity contribution in [3.63, 3.8) is 0 Å². The largest absolute Gasteiger partial charge is 0.456 e. The first-order chi connectivity index (χ1) is 13.5. The summed E-state index contributed by atoms with van der Waals surface area (Å²) in [4.78, 5) is 35.6. The van der Waals surface area contributed by atoms with Gasteiger partial charge in [-0.05, 0) is 66.8 Å². The van der Waals surface area contributed by atoms with Gasteiger partial charge in [0.2, 0.25) is 0 Å². The summed E-state index contributed by atoms with van der Waals surface area (Å²) in [5.41, 5.74) is 3.74. The number of carbonyl (C=O) groups excluding carboxylic acids is 3. The molecule has 1 aliphatic rings. The van der Waals surface area contributed by atoms with E-state index in [0.717, 1.165) is 19.3 Å². The molecule has 7 heteroatoms. The van der Waals surface area contributed by atoms with Gasteiger partial charge in [-0.1, -0.05) is 17.7 Å². The SMILES string of the molecule is O=C(COC(=O)CCNC(=O)c1ccc(Cl)cc1)Nc1ccc2c(c1)CCC2. The van der Waals surface area contributed by atoms with Gasteiger partial charge in [-0.25, -0.2) is 0 Å². The Morgan fingerprint density at radius 3 is 2.54 bits per heavy atom. The number of amides is 2. The van der Waals surface area contributed by atoms with Crippen LogP contribution in [-0.2, 0) is 27.2 Å². The maximum absolute atomic E-state index is 11.9. The number of hydrogen-bond acceptors (Lipinski definition) is 4. The highest BCUT2D eigenvalue weighted by molar-refractivity contribution is 6.30. The van der Waals surface area contributed by atoms with Gasteiger partial charge in [-0.3, -0.25) is 14.4 Å². The summed E-state index contributed by atoms with van der Waals surface area (Å²) < 4.78 is 4.95. The molecule has 0 bridgehead atoms. The average molecular weight is 401 g/mol. The molecule has 0 saturated heterocycles. The van der Waals surface area contributed by atoms with E-state index in [-0.39, 0.29) is 25.5 Å². The first-order valence-corrected chi connectivity index (χ1v) is 9.50. The van der Waals surface area contributed by atoms with Gasteiger partial charge in [-0.2, -0.15) is 0 Å². The fourth-order valence-corrected chi connectivity index (χ4v) is 3.17. The lowest BCUT2D eigenvalue weighted by Gasteiger charge is -2.09. The Morgan fingerprint density at radius 2 is 1.75 bits per heavy atom. The number of benzene rings is 2. The number of ether oxygens (including phenoxy) is 1. The van der Waals surface area contributed by atoms with Crippen LogP contribution in [-0.4, -0.2) is 30.9 Å². The van der Waals surface area contributed by atoms with Crippen molar-refractivity contribution in [2.24, 2.45) is 0 Å². The van der Waals surface area contributed by atoms with Crippen LogP contribution in [0.2, 0.25) is 5.02 Å². The predicted octanol–water partition coefficient (Wildman–Crippen LogP) is 3.13. The quantitative estimate of drug-likeness (QED) is 0.699. The van der Waals surface area contributed by atoms with Crippen LogP contribution < -0.4 is 10.6 Å². The number of aryl methyl sites for hydroxylation is 2. The molecule has 28 heavy (non-hydrogen) atoms. The van der Waals surface area contributed by atoms with Crippen LogP contribution in [0.25, 0.3) is 0 Å². The van der Waals surface area contributed by atoms with Gasteiger partial charge in [0.15, 0.2) is 6.61 Å². The van der Waals surface area contributed by atoms with Crippen molar-refractivity contribution in [1.82, 2.24) is 5.32 Å². The molecule has 2 aromatic carbocycles. The minimum atomic E-state index is -0.555. The molecule has 2 aromatic rings. The highest BCUT2D eigenvalue weighted by Crippen LogP contribution is 2.24. The van der Waals surface area contributed by atoms with E-state index in [4.69, 9.17) is 16.3 Å². The number of nitrogens with one attached hydrogen (secondary N) is 2. The Hall–Kier alpha value is -2.86.